The number of thioether (sulfide) groups is 1. The minimum atomic E-state index is -0.0547. The number of amides is 2. The van der Waals surface area contributed by atoms with Gasteiger partial charge in [-0.05, 0) is 79.6 Å². The third kappa shape index (κ3) is 7.04. The summed E-state index contributed by atoms with van der Waals surface area (Å²) < 4.78 is 0. The van der Waals surface area contributed by atoms with Crippen LogP contribution in [-0.4, -0.2) is 42.9 Å². The Balaban J connectivity index is 1.21. The number of nitrogens with zero attached hydrogens (tertiary/aromatic N) is 2. The van der Waals surface area contributed by atoms with Crippen LogP contribution in [-0.2, 0) is 11.3 Å². The molecule has 5 nitrogen and oxygen atoms in total. The van der Waals surface area contributed by atoms with E-state index in [1.165, 1.54) is 23.7 Å². The Bertz CT molecular complexity index is 1370. The van der Waals surface area contributed by atoms with Crippen molar-refractivity contribution in [2.75, 3.05) is 31.1 Å². The second kappa shape index (κ2) is 12.9. The van der Waals surface area contributed by atoms with E-state index >= 15 is 0 Å². The first-order valence-electron chi connectivity index (χ1n) is 14.3. The number of carbonyl (C=O) groups excluding carboxylic acids is 2. The summed E-state index contributed by atoms with van der Waals surface area (Å²) in [5, 5.41) is 3.07. The Labute approximate surface area is 242 Å². The first-order valence-corrected chi connectivity index (χ1v) is 15.1. The van der Waals surface area contributed by atoms with Crippen LogP contribution in [0.4, 0.5) is 5.69 Å². The van der Waals surface area contributed by atoms with Crippen LogP contribution < -0.4 is 10.2 Å². The van der Waals surface area contributed by atoms with Crippen molar-refractivity contribution in [2.45, 2.75) is 45.1 Å². The summed E-state index contributed by atoms with van der Waals surface area (Å²) in [6.45, 7) is 11.3. The van der Waals surface area contributed by atoms with Crippen LogP contribution in [0.2, 0.25) is 0 Å². The lowest BCUT2D eigenvalue weighted by molar-refractivity contribution is -0.114. The quantitative estimate of drug-likeness (QED) is 0.247. The van der Waals surface area contributed by atoms with Crippen molar-refractivity contribution in [3.05, 3.63) is 100.0 Å². The first kappa shape index (κ1) is 28.2. The normalized spacial score (nSPS) is 20.4. The fourth-order valence-electron chi connectivity index (χ4n) is 5.88. The Morgan fingerprint density at radius 3 is 2.50 bits per heavy atom. The molecule has 5 rings (SSSR count). The molecule has 0 spiro atoms. The van der Waals surface area contributed by atoms with Crippen molar-refractivity contribution in [1.82, 2.24) is 10.2 Å². The maximum Gasteiger partial charge on any atom is 0.265 e. The van der Waals surface area contributed by atoms with E-state index in [4.69, 9.17) is 0 Å². The highest BCUT2D eigenvalue weighted by molar-refractivity contribution is 8.04. The number of likely N-dealkylation sites (tertiary alicyclic amines) is 1. The van der Waals surface area contributed by atoms with Crippen molar-refractivity contribution in [2.24, 2.45) is 11.8 Å². The fraction of sp³-hybridized carbons (Fsp3) is 0.353. The number of nitrogens with one attached hydrogen (secondary N) is 1. The molecule has 0 bridgehead atoms. The Morgan fingerprint density at radius 2 is 1.75 bits per heavy atom. The van der Waals surface area contributed by atoms with Crippen LogP contribution in [0.3, 0.4) is 0 Å². The second-order valence-electron chi connectivity index (χ2n) is 11.4. The molecule has 40 heavy (non-hydrogen) atoms. The third-order valence-electron chi connectivity index (χ3n) is 7.61. The predicted molar refractivity (Wildman–Crippen MR) is 165 cm³/mol. The molecule has 2 amide bonds. The van der Waals surface area contributed by atoms with Gasteiger partial charge in [-0.2, -0.15) is 0 Å². The van der Waals surface area contributed by atoms with Crippen molar-refractivity contribution in [3.8, 4) is 0 Å². The van der Waals surface area contributed by atoms with Crippen LogP contribution in [0.5, 0.6) is 0 Å². The second-order valence-corrected chi connectivity index (χ2v) is 12.5. The van der Waals surface area contributed by atoms with E-state index in [0.29, 0.717) is 23.6 Å². The number of aryl methyl sites for hydroxylation is 1. The number of fused-ring (bicyclic) bond motifs is 1. The zero-order valence-electron chi connectivity index (χ0n) is 23.7. The maximum absolute atomic E-state index is 13.6. The molecule has 2 heterocycles. The van der Waals surface area contributed by atoms with Crippen molar-refractivity contribution >= 4 is 35.3 Å². The average Bonchev–Trinajstić information content (AvgIpc) is 2.93. The molecule has 2 aliphatic rings. The van der Waals surface area contributed by atoms with Crippen molar-refractivity contribution < 1.29 is 9.59 Å². The molecule has 0 aliphatic carbocycles. The number of para-hydroxylation sites is 1. The van der Waals surface area contributed by atoms with Crippen molar-refractivity contribution in [3.63, 3.8) is 0 Å². The third-order valence-corrected chi connectivity index (χ3v) is 8.68. The van der Waals surface area contributed by atoms with Crippen LogP contribution >= 0.6 is 11.8 Å². The zero-order chi connectivity index (χ0) is 28.1. The Hall–Kier alpha value is -3.35. The van der Waals surface area contributed by atoms with E-state index in [1.54, 1.807) is 0 Å². The largest absolute Gasteiger partial charge is 0.352 e. The summed E-state index contributed by atoms with van der Waals surface area (Å²) in [6, 6.07) is 23.8. The van der Waals surface area contributed by atoms with E-state index in [1.807, 2.05) is 59.5 Å². The molecule has 2 atom stereocenters. The van der Waals surface area contributed by atoms with Gasteiger partial charge < -0.3 is 15.1 Å². The topological polar surface area (TPSA) is 52.7 Å². The molecule has 3 aromatic carbocycles. The van der Waals surface area contributed by atoms with Crippen LogP contribution in [0, 0.1) is 18.8 Å². The number of hydrogen-bond donors (Lipinski definition) is 1. The maximum atomic E-state index is 13.6. The van der Waals surface area contributed by atoms with Gasteiger partial charge in [0.25, 0.3) is 11.8 Å². The van der Waals surface area contributed by atoms with E-state index in [-0.39, 0.29) is 11.8 Å². The molecular weight excluding hydrogens is 514 g/mol. The highest BCUT2D eigenvalue weighted by Crippen LogP contribution is 2.42. The molecule has 1 N–H and O–H groups in total. The molecule has 208 valence electrons. The lowest BCUT2D eigenvalue weighted by Gasteiger charge is -2.34. The van der Waals surface area contributed by atoms with Gasteiger partial charge in [0, 0.05) is 30.1 Å². The van der Waals surface area contributed by atoms with Gasteiger partial charge in [0.05, 0.1) is 17.1 Å². The lowest BCUT2D eigenvalue weighted by atomic mass is 9.92. The minimum absolute atomic E-state index is 0.00970. The average molecular weight is 554 g/mol. The van der Waals surface area contributed by atoms with Crippen LogP contribution in [0.1, 0.15) is 53.7 Å². The number of piperidine rings is 1. The van der Waals surface area contributed by atoms with Gasteiger partial charge >= 0.3 is 0 Å². The summed E-state index contributed by atoms with van der Waals surface area (Å²) in [6.07, 6.45) is 4.19. The van der Waals surface area contributed by atoms with Crippen LogP contribution in [0.25, 0.3) is 6.08 Å². The smallest absolute Gasteiger partial charge is 0.265 e. The summed E-state index contributed by atoms with van der Waals surface area (Å²) in [5.41, 5.74) is 4.75. The van der Waals surface area contributed by atoms with Gasteiger partial charge in [0.2, 0.25) is 0 Å². The zero-order valence-corrected chi connectivity index (χ0v) is 24.5. The first-order chi connectivity index (χ1) is 19.4. The van der Waals surface area contributed by atoms with Crippen molar-refractivity contribution in [1.29, 1.82) is 0 Å². The molecule has 0 aromatic heterocycles. The molecule has 0 unspecified atom stereocenters. The lowest BCUT2D eigenvalue weighted by Crippen LogP contribution is -2.40. The SMILES string of the molecule is Cc1cccc(CN2C(=O)/C(=C\c3ccc(C(=O)NCCCN4C[C@H](C)C[C@@H](C)C4)cc3)Sc3ccccc32)c1. The fourth-order valence-corrected chi connectivity index (χ4v) is 6.93. The highest BCUT2D eigenvalue weighted by Gasteiger charge is 2.29. The summed E-state index contributed by atoms with van der Waals surface area (Å²) in [4.78, 5) is 32.5. The molecule has 1 saturated heterocycles. The summed E-state index contributed by atoms with van der Waals surface area (Å²) >= 11 is 1.50. The molecular formula is C34H39N3O2S. The Kier molecular flexibility index (Phi) is 9.08. The van der Waals surface area contributed by atoms with Gasteiger partial charge in [-0.3, -0.25) is 9.59 Å². The number of anilines is 1. The number of hydrogen-bond acceptors (Lipinski definition) is 4. The van der Waals surface area contributed by atoms with E-state index in [0.717, 1.165) is 59.6 Å². The standard InChI is InChI=1S/C34H39N3O2S/c1-24-8-6-9-28(19-24)23-37-30-10-4-5-11-31(30)40-32(34(37)39)20-27-12-14-29(15-13-27)33(38)35-16-7-17-36-21-25(2)18-26(3)22-36/h4-6,8-15,19-20,25-26H,7,16-18,21-23H2,1-3H3,(H,35,38)/b32-20+/t25-,26-/m1/s1. The van der Waals surface area contributed by atoms with Gasteiger partial charge in [-0.15, -0.1) is 0 Å². The molecule has 0 saturated carbocycles. The van der Waals surface area contributed by atoms with Gasteiger partial charge in [-0.1, -0.05) is 79.7 Å². The summed E-state index contributed by atoms with van der Waals surface area (Å²) in [7, 11) is 0. The molecule has 0 radical (unpaired) electrons. The van der Waals surface area contributed by atoms with Gasteiger partial charge in [-0.25, -0.2) is 0 Å². The summed E-state index contributed by atoms with van der Waals surface area (Å²) in [5.74, 6) is 1.44. The van der Waals surface area contributed by atoms with Gasteiger partial charge in [0.15, 0.2) is 0 Å². The van der Waals surface area contributed by atoms with E-state index in [9.17, 15) is 9.59 Å². The van der Waals surface area contributed by atoms with Crippen LogP contribution in [0.15, 0.2) is 82.6 Å². The van der Waals surface area contributed by atoms with Gasteiger partial charge in [0.1, 0.15) is 0 Å². The number of benzene rings is 3. The van der Waals surface area contributed by atoms with E-state index < -0.39 is 0 Å². The highest BCUT2D eigenvalue weighted by atomic mass is 32.2. The predicted octanol–water partition coefficient (Wildman–Crippen LogP) is 6.77. The molecule has 6 heteroatoms. The van der Waals surface area contributed by atoms with E-state index in [2.05, 4.69) is 55.3 Å². The monoisotopic (exact) mass is 553 g/mol. The molecule has 3 aromatic rings. The minimum Gasteiger partial charge on any atom is -0.352 e. The Morgan fingerprint density at radius 1 is 1.00 bits per heavy atom. The molecule has 2 aliphatic heterocycles. The number of carbonyl (C=O) groups is 2. The number of rotatable bonds is 8. The molecule has 1 fully saturated rings.